The molecule has 1 aliphatic rings. The van der Waals surface area contributed by atoms with E-state index in [2.05, 4.69) is 0 Å². The Morgan fingerprint density at radius 2 is 2.16 bits per heavy atom. The Bertz CT molecular complexity index is 467. The van der Waals surface area contributed by atoms with Gasteiger partial charge in [-0.15, -0.1) is 0 Å². The molecule has 1 amide bonds. The number of halogens is 1. The van der Waals surface area contributed by atoms with E-state index in [1.165, 1.54) is 12.1 Å². The van der Waals surface area contributed by atoms with E-state index in [4.69, 9.17) is 0 Å². The van der Waals surface area contributed by atoms with Crippen LogP contribution >= 0.6 is 0 Å². The van der Waals surface area contributed by atoms with Crippen LogP contribution in [0.2, 0.25) is 0 Å². The van der Waals surface area contributed by atoms with Crippen LogP contribution in [0.25, 0.3) is 0 Å². The zero-order valence-electron chi connectivity index (χ0n) is 11.2. The summed E-state index contributed by atoms with van der Waals surface area (Å²) in [5.74, 6) is -0.287. The number of hydrogen-bond donors (Lipinski definition) is 1. The van der Waals surface area contributed by atoms with Crippen molar-refractivity contribution < 1.29 is 14.3 Å². The summed E-state index contributed by atoms with van der Waals surface area (Å²) in [7, 11) is 1.82. The van der Waals surface area contributed by atoms with Crippen LogP contribution in [0, 0.1) is 11.7 Å². The Kier molecular flexibility index (Phi) is 4.17. The summed E-state index contributed by atoms with van der Waals surface area (Å²) in [5, 5.41) is 9.40. The summed E-state index contributed by atoms with van der Waals surface area (Å²) in [4.78, 5) is 15.9. The molecule has 2 rings (SSSR count). The first-order valence-electron chi connectivity index (χ1n) is 6.41. The van der Waals surface area contributed by atoms with Crippen molar-refractivity contribution in [3.63, 3.8) is 0 Å². The molecule has 0 aromatic heterocycles. The van der Waals surface area contributed by atoms with Gasteiger partial charge in [-0.25, -0.2) is 4.39 Å². The van der Waals surface area contributed by atoms with Crippen molar-refractivity contribution in [2.75, 3.05) is 31.6 Å². The van der Waals surface area contributed by atoms with Crippen LogP contribution in [-0.2, 0) is 4.79 Å². The van der Waals surface area contributed by atoms with Crippen molar-refractivity contribution in [2.45, 2.75) is 13.0 Å². The second-order valence-electron chi connectivity index (χ2n) is 5.17. The van der Waals surface area contributed by atoms with Gasteiger partial charge in [0.25, 0.3) is 0 Å². The average Bonchev–Trinajstić information content (AvgIpc) is 2.46. The minimum absolute atomic E-state index is 0.181. The average molecular weight is 266 g/mol. The smallest absolute Gasteiger partial charge is 0.246 e. The maximum absolute atomic E-state index is 13.3. The molecule has 2 unspecified atom stereocenters. The molecule has 0 saturated carbocycles. The van der Waals surface area contributed by atoms with E-state index in [0.717, 1.165) is 6.54 Å². The van der Waals surface area contributed by atoms with Gasteiger partial charge in [-0.05, 0) is 31.2 Å². The largest absolute Gasteiger partial charge is 0.394 e. The summed E-state index contributed by atoms with van der Waals surface area (Å²) in [6, 6.07) is 5.45. The molecule has 4 nitrogen and oxygen atoms in total. The van der Waals surface area contributed by atoms with Crippen molar-refractivity contribution in [3.05, 3.63) is 30.1 Å². The summed E-state index contributed by atoms with van der Waals surface area (Å²) in [6.45, 7) is 3.07. The van der Waals surface area contributed by atoms with Crippen molar-refractivity contribution in [1.29, 1.82) is 0 Å². The van der Waals surface area contributed by atoms with Gasteiger partial charge < -0.3 is 10.0 Å². The fourth-order valence-corrected chi connectivity index (χ4v) is 2.54. The standard InChI is InChI=1S/C14H19FN2O2/c1-10-7-16(2)13(9-18)14(19)17(8-10)12-5-3-4-11(15)6-12/h3-6,10,13,18H,7-9H2,1-2H3. The number of benzene rings is 1. The molecule has 0 aliphatic carbocycles. The first-order valence-corrected chi connectivity index (χ1v) is 6.41. The van der Waals surface area contributed by atoms with Crippen molar-refractivity contribution in [1.82, 2.24) is 4.90 Å². The van der Waals surface area contributed by atoms with Crippen molar-refractivity contribution in [2.24, 2.45) is 5.92 Å². The third-order valence-electron chi connectivity index (χ3n) is 3.47. The van der Waals surface area contributed by atoms with E-state index >= 15 is 0 Å². The Morgan fingerprint density at radius 3 is 2.79 bits per heavy atom. The molecule has 1 aromatic carbocycles. The predicted molar refractivity (Wildman–Crippen MR) is 71.4 cm³/mol. The van der Waals surface area contributed by atoms with Crippen LogP contribution in [0.3, 0.4) is 0 Å². The Balaban J connectivity index is 2.34. The third-order valence-corrected chi connectivity index (χ3v) is 3.47. The third kappa shape index (κ3) is 2.93. The van der Waals surface area contributed by atoms with Crippen molar-refractivity contribution in [3.8, 4) is 0 Å². The summed E-state index contributed by atoms with van der Waals surface area (Å²) in [5.41, 5.74) is 0.547. The van der Waals surface area contributed by atoms with Gasteiger partial charge in [-0.1, -0.05) is 13.0 Å². The van der Waals surface area contributed by atoms with Crippen molar-refractivity contribution >= 4 is 11.6 Å². The zero-order valence-corrected chi connectivity index (χ0v) is 11.2. The van der Waals surface area contributed by atoms with E-state index in [9.17, 15) is 14.3 Å². The summed E-state index contributed by atoms with van der Waals surface area (Å²) < 4.78 is 13.3. The number of rotatable bonds is 2. The lowest BCUT2D eigenvalue weighted by atomic mass is 10.1. The van der Waals surface area contributed by atoms with Crippen LogP contribution in [-0.4, -0.2) is 48.7 Å². The van der Waals surface area contributed by atoms with Crippen LogP contribution in [0.1, 0.15) is 6.92 Å². The maximum Gasteiger partial charge on any atom is 0.246 e. The lowest BCUT2D eigenvalue weighted by molar-refractivity contribution is -0.123. The number of carbonyl (C=O) groups is 1. The van der Waals surface area contributed by atoms with Gasteiger partial charge in [0.2, 0.25) is 5.91 Å². The highest BCUT2D eigenvalue weighted by Gasteiger charge is 2.33. The van der Waals surface area contributed by atoms with E-state index in [-0.39, 0.29) is 24.2 Å². The lowest BCUT2D eigenvalue weighted by Crippen LogP contribution is -2.46. The monoisotopic (exact) mass is 266 g/mol. The van der Waals surface area contributed by atoms with E-state index in [0.29, 0.717) is 12.2 Å². The second-order valence-corrected chi connectivity index (χ2v) is 5.17. The minimum Gasteiger partial charge on any atom is -0.394 e. The SMILES string of the molecule is CC1CN(c2cccc(F)c2)C(=O)C(CO)N(C)C1. The zero-order chi connectivity index (χ0) is 14.0. The van der Waals surface area contributed by atoms with Gasteiger partial charge in [0.05, 0.1) is 6.61 Å². The van der Waals surface area contributed by atoms with Crippen LogP contribution in [0.4, 0.5) is 10.1 Å². The Morgan fingerprint density at radius 1 is 1.42 bits per heavy atom. The molecule has 1 aromatic rings. The Labute approximate surface area is 112 Å². The molecule has 1 saturated heterocycles. The number of anilines is 1. The fourth-order valence-electron chi connectivity index (χ4n) is 2.54. The molecule has 104 valence electrons. The van der Waals surface area contributed by atoms with E-state index in [1.807, 2.05) is 18.9 Å². The molecule has 0 radical (unpaired) electrons. The normalized spacial score (nSPS) is 25.5. The van der Waals surface area contributed by atoms with Gasteiger partial charge in [0.1, 0.15) is 11.9 Å². The topological polar surface area (TPSA) is 43.8 Å². The molecular formula is C14H19FN2O2. The molecule has 2 atom stereocenters. The lowest BCUT2D eigenvalue weighted by Gasteiger charge is -2.26. The number of carbonyl (C=O) groups excluding carboxylic acids is 1. The quantitative estimate of drug-likeness (QED) is 0.872. The first kappa shape index (κ1) is 14.0. The molecule has 1 N–H and O–H groups in total. The molecule has 5 heteroatoms. The minimum atomic E-state index is -0.562. The number of nitrogens with zero attached hydrogens (tertiary/aromatic N) is 2. The molecule has 1 aliphatic heterocycles. The highest BCUT2D eigenvalue weighted by molar-refractivity contribution is 5.97. The number of amides is 1. The van der Waals surface area contributed by atoms with Crippen LogP contribution in [0.5, 0.6) is 0 Å². The van der Waals surface area contributed by atoms with Gasteiger partial charge in [0.15, 0.2) is 0 Å². The number of hydrogen-bond acceptors (Lipinski definition) is 3. The fraction of sp³-hybridized carbons (Fsp3) is 0.500. The number of aliphatic hydroxyl groups excluding tert-OH is 1. The molecule has 19 heavy (non-hydrogen) atoms. The maximum atomic E-state index is 13.3. The summed E-state index contributed by atoms with van der Waals surface area (Å²) in [6.07, 6.45) is 0. The van der Waals surface area contributed by atoms with Crippen LogP contribution < -0.4 is 4.90 Å². The first-order chi connectivity index (χ1) is 9.02. The van der Waals surface area contributed by atoms with Gasteiger partial charge >= 0.3 is 0 Å². The molecule has 0 bridgehead atoms. The molecule has 1 heterocycles. The van der Waals surface area contributed by atoms with E-state index < -0.39 is 6.04 Å². The summed E-state index contributed by atoms with van der Waals surface area (Å²) >= 11 is 0. The van der Waals surface area contributed by atoms with E-state index in [1.54, 1.807) is 17.0 Å². The highest BCUT2D eigenvalue weighted by Crippen LogP contribution is 2.22. The molecule has 0 spiro atoms. The Hall–Kier alpha value is -1.46. The molecule has 1 fully saturated rings. The van der Waals surface area contributed by atoms with Gasteiger partial charge in [0, 0.05) is 18.8 Å². The van der Waals surface area contributed by atoms with Crippen LogP contribution in [0.15, 0.2) is 24.3 Å². The molecular weight excluding hydrogens is 247 g/mol. The second kappa shape index (κ2) is 5.67. The highest BCUT2D eigenvalue weighted by atomic mass is 19.1. The predicted octanol–water partition coefficient (Wildman–Crippen LogP) is 1.10. The van der Waals surface area contributed by atoms with Gasteiger partial charge in [-0.2, -0.15) is 0 Å². The van der Waals surface area contributed by atoms with Gasteiger partial charge in [-0.3, -0.25) is 9.69 Å². The number of aliphatic hydroxyl groups is 1. The number of likely N-dealkylation sites (N-methyl/N-ethyl adjacent to an activating group) is 1.